The first-order chi connectivity index (χ1) is 16.9. The fourth-order valence-corrected chi connectivity index (χ4v) is 3.43. The Hall–Kier alpha value is -4.96. The highest BCUT2D eigenvalue weighted by Crippen LogP contribution is 2.22. The Morgan fingerprint density at radius 2 is 1.69 bits per heavy atom. The molecule has 7 nitrogen and oxygen atoms in total. The van der Waals surface area contributed by atoms with Gasteiger partial charge in [0.1, 0.15) is 28.5 Å². The maximum atomic E-state index is 12.7. The lowest BCUT2D eigenvalue weighted by molar-refractivity contribution is -0.129. The van der Waals surface area contributed by atoms with Crippen molar-refractivity contribution in [3.05, 3.63) is 118 Å². The maximum absolute atomic E-state index is 12.7. The molecule has 4 aromatic rings. The molecule has 1 N–H and O–H groups in total. The van der Waals surface area contributed by atoms with E-state index in [0.29, 0.717) is 10.9 Å². The topological polar surface area (TPSA) is 109 Å². The van der Waals surface area contributed by atoms with E-state index in [9.17, 15) is 19.6 Å². The van der Waals surface area contributed by atoms with E-state index in [-0.39, 0.29) is 28.5 Å². The van der Waals surface area contributed by atoms with Gasteiger partial charge in [0.15, 0.2) is 0 Å². The monoisotopic (exact) mass is 464 g/mol. The summed E-state index contributed by atoms with van der Waals surface area (Å²) in [5, 5.41) is 12.6. The summed E-state index contributed by atoms with van der Waals surface area (Å²) in [5.41, 5.74) is 0.576. The lowest BCUT2D eigenvalue weighted by Gasteiger charge is -2.14. The highest BCUT2D eigenvalue weighted by Gasteiger charge is 2.18. The van der Waals surface area contributed by atoms with Crippen LogP contribution in [0.4, 0.5) is 0 Å². The number of hydrogen-bond acceptors (Lipinski definition) is 6. The molecule has 35 heavy (non-hydrogen) atoms. The molecule has 0 aliphatic rings. The molecule has 172 valence electrons. The summed E-state index contributed by atoms with van der Waals surface area (Å²) in [6.45, 7) is 1.82. The smallest absolute Gasteiger partial charge is 0.354 e. The Labute approximate surface area is 200 Å². The molecular formula is C28H20N2O5. The molecule has 0 fully saturated rings. The van der Waals surface area contributed by atoms with Crippen LogP contribution in [0.2, 0.25) is 0 Å². The number of carbonyl (C=O) groups excluding carboxylic acids is 2. The van der Waals surface area contributed by atoms with E-state index < -0.39 is 17.5 Å². The number of benzene rings is 3. The fourth-order valence-electron chi connectivity index (χ4n) is 3.43. The number of nitriles is 1. The lowest BCUT2D eigenvalue weighted by Crippen LogP contribution is -2.30. The van der Waals surface area contributed by atoms with E-state index in [0.717, 1.165) is 5.56 Å². The minimum Gasteiger partial charge on any atom is -0.422 e. The lowest BCUT2D eigenvalue weighted by atomic mass is 10.1. The second-order valence-corrected chi connectivity index (χ2v) is 7.72. The van der Waals surface area contributed by atoms with Crippen molar-refractivity contribution in [1.82, 2.24) is 5.32 Å². The highest BCUT2D eigenvalue weighted by molar-refractivity contribution is 6.00. The number of esters is 1. The average molecular weight is 464 g/mol. The first-order valence-electron chi connectivity index (χ1n) is 10.8. The van der Waals surface area contributed by atoms with Gasteiger partial charge in [0.05, 0.1) is 6.04 Å². The number of hydrogen-bond donors (Lipinski definition) is 1. The van der Waals surface area contributed by atoms with E-state index in [2.05, 4.69) is 5.32 Å². The minimum atomic E-state index is -0.844. The van der Waals surface area contributed by atoms with E-state index in [1.165, 1.54) is 24.3 Å². The average Bonchev–Trinajstić information content (AvgIpc) is 2.87. The van der Waals surface area contributed by atoms with Gasteiger partial charge in [-0.05, 0) is 42.3 Å². The Morgan fingerprint density at radius 1 is 1.00 bits per heavy atom. The highest BCUT2D eigenvalue weighted by atomic mass is 16.5. The van der Waals surface area contributed by atoms with Crippen LogP contribution in [-0.4, -0.2) is 11.9 Å². The van der Waals surface area contributed by atoms with E-state index >= 15 is 0 Å². The Bertz CT molecular complexity index is 1520. The number of nitrogens with one attached hydrogen (secondary N) is 1. The van der Waals surface area contributed by atoms with Crippen LogP contribution in [0.3, 0.4) is 0 Å². The molecule has 0 saturated carbocycles. The molecule has 1 unspecified atom stereocenters. The van der Waals surface area contributed by atoms with Gasteiger partial charge in [-0.1, -0.05) is 60.7 Å². The van der Waals surface area contributed by atoms with Gasteiger partial charge in [-0.25, -0.2) is 9.59 Å². The van der Waals surface area contributed by atoms with Crippen molar-refractivity contribution in [2.45, 2.75) is 13.0 Å². The van der Waals surface area contributed by atoms with Gasteiger partial charge in [0.25, 0.3) is 5.91 Å². The zero-order valence-corrected chi connectivity index (χ0v) is 18.7. The maximum Gasteiger partial charge on any atom is 0.354 e. The van der Waals surface area contributed by atoms with E-state index in [1.807, 2.05) is 49.4 Å². The van der Waals surface area contributed by atoms with Crippen molar-refractivity contribution < 1.29 is 18.7 Å². The predicted octanol–water partition coefficient (Wildman–Crippen LogP) is 4.80. The molecule has 0 radical (unpaired) electrons. The number of ether oxygens (including phenoxy) is 1. The van der Waals surface area contributed by atoms with Gasteiger partial charge < -0.3 is 14.5 Å². The minimum absolute atomic E-state index is 0.0924. The number of rotatable bonds is 6. The third kappa shape index (κ3) is 5.52. The summed E-state index contributed by atoms with van der Waals surface area (Å²) in [6, 6.07) is 25.6. The van der Waals surface area contributed by atoms with E-state index in [4.69, 9.17) is 9.15 Å². The number of fused-ring (bicyclic) bond motifs is 1. The van der Waals surface area contributed by atoms with Crippen LogP contribution < -0.4 is 15.7 Å². The molecule has 1 amide bonds. The summed E-state index contributed by atoms with van der Waals surface area (Å²) < 4.78 is 10.6. The molecule has 1 heterocycles. The van der Waals surface area contributed by atoms with Gasteiger partial charge in [0, 0.05) is 11.5 Å². The zero-order chi connectivity index (χ0) is 24.8. The Morgan fingerprint density at radius 3 is 2.37 bits per heavy atom. The standard InChI is InChI=1S/C28H20N2O5/c1-18(20-10-6-3-7-11-20)30-26(31)24-15-21-12-13-23(16-25(21)35-28(24)33)34-27(32)22(17-29)14-19-8-4-2-5-9-19/h2-16,18H,1H3,(H,30,31)/b22-14+. The summed E-state index contributed by atoms with van der Waals surface area (Å²) in [6.07, 6.45) is 1.42. The third-order valence-electron chi connectivity index (χ3n) is 5.26. The van der Waals surface area contributed by atoms with Crippen molar-refractivity contribution >= 4 is 28.9 Å². The van der Waals surface area contributed by atoms with Gasteiger partial charge >= 0.3 is 11.6 Å². The van der Waals surface area contributed by atoms with Crippen molar-refractivity contribution in [1.29, 1.82) is 5.26 Å². The second kappa shape index (κ2) is 10.3. The van der Waals surface area contributed by atoms with E-state index in [1.54, 1.807) is 30.3 Å². The summed E-state index contributed by atoms with van der Waals surface area (Å²) in [5.74, 6) is -1.31. The quantitative estimate of drug-likeness (QED) is 0.144. The summed E-state index contributed by atoms with van der Waals surface area (Å²) in [7, 11) is 0. The van der Waals surface area contributed by atoms with Crippen molar-refractivity contribution in [3.63, 3.8) is 0 Å². The largest absolute Gasteiger partial charge is 0.422 e. The van der Waals surface area contributed by atoms with Crippen LogP contribution in [0.25, 0.3) is 17.0 Å². The van der Waals surface area contributed by atoms with Gasteiger partial charge in [0.2, 0.25) is 0 Å². The molecule has 4 rings (SSSR count). The molecule has 0 spiro atoms. The summed E-state index contributed by atoms with van der Waals surface area (Å²) in [4.78, 5) is 37.6. The van der Waals surface area contributed by atoms with Gasteiger partial charge in [-0.15, -0.1) is 0 Å². The molecule has 0 bridgehead atoms. The molecule has 0 saturated heterocycles. The summed E-state index contributed by atoms with van der Waals surface area (Å²) >= 11 is 0. The van der Waals surface area contributed by atoms with Crippen LogP contribution in [0, 0.1) is 11.3 Å². The van der Waals surface area contributed by atoms with Crippen LogP contribution in [-0.2, 0) is 4.79 Å². The molecule has 1 aromatic heterocycles. The number of carbonyl (C=O) groups is 2. The fraction of sp³-hybridized carbons (Fsp3) is 0.0714. The predicted molar refractivity (Wildman–Crippen MR) is 130 cm³/mol. The molecule has 0 aliphatic carbocycles. The van der Waals surface area contributed by atoms with Crippen molar-refractivity contribution in [2.24, 2.45) is 0 Å². The van der Waals surface area contributed by atoms with Crippen LogP contribution in [0.5, 0.6) is 5.75 Å². The molecule has 1 atom stereocenters. The SMILES string of the molecule is CC(NC(=O)c1cc2ccc(OC(=O)/C(C#N)=C/c3ccccc3)cc2oc1=O)c1ccccc1. The number of amides is 1. The van der Waals surface area contributed by atoms with Crippen LogP contribution in [0.15, 0.2) is 99.7 Å². The molecule has 0 aliphatic heterocycles. The molecule has 3 aromatic carbocycles. The van der Waals surface area contributed by atoms with Gasteiger partial charge in [-0.2, -0.15) is 5.26 Å². The van der Waals surface area contributed by atoms with Crippen LogP contribution >= 0.6 is 0 Å². The van der Waals surface area contributed by atoms with Crippen molar-refractivity contribution in [3.8, 4) is 11.8 Å². The molecular weight excluding hydrogens is 444 g/mol. The number of nitrogens with zero attached hydrogens (tertiary/aromatic N) is 1. The van der Waals surface area contributed by atoms with Gasteiger partial charge in [-0.3, -0.25) is 4.79 Å². The van der Waals surface area contributed by atoms with Crippen molar-refractivity contribution in [2.75, 3.05) is 0 Å². The third-order valence-corrected chi connectivity index (χ3v) is 5.26. The first kappa shape index (κ1) is 23.2. The molecule has 7 heteroatoms. The van der Waals surface area contributed by atoms with Crippen LogP contribution in [0.1, 0.15) is 34.5 Å². The second-order valence-electron chi connectivity index (χ2n) is 7.72. The normalized spacial score (nSPS) is 11.9. The zero-order valence-electron chi connectivity index (χ0n) is 18.7. The Kier molecular flexibility index (Phi) is 6.84. The Balaban J connectivity index is 1.53. The first-order valence-corrected chi connectivity index (χ1v) is 10.8.